The molecule has 1 aliphatic heterocycles. The van der Waals surface area contributed by atoms with Crippen LogP contribution in [0.1, 0.15) is 19.8 Å². The molecule has 0 spiro atoms. The number of rotatable bonds is 9. The first kappa shape index (κ1) is 21.0. The van der Waals surface area contributed by atoms with Gasteiger partial charge in [-0.3, -0.25) is 4.79 Å². The summed E-state index contributed by atoms with van der Waals surface area (Å²) in [6, 6.07) is 6.78. The predicted octanol–water partition coefficient (Wildman–Crippen LogP) is 1.67. The fraction of sp³-hybridized carbons (Fsp3) is 0.588. The van der Waals surface area contributed by atoms with Gasteiger partial charge in [0.15, 0.2) is 6.61 Å². The maximum Gasteiger partial charge on any atom is 0.260 e. The highest BCUT2D eigenvalue weighted by molar-refractivity contribution is 7.90. The molecule has 1 amide bonds. The standard InChI is InChI=1S/C17H25ClN2O5S/c1-2-24-12-9-19-26(22,23)16-7-10-20(11-8-16)17(21)13-25-15-5-3-14(18)4-6-15/h3-6,16,19H,2,7-13H2,1H3. The molecule has 0 saturated carbocycles. The number of ether oxygens (including phenoxy) is 2. The van der Waals surface area contributed by atoms with Crippen molar-refractivity contribution in [3.63, 3.8) is 0 Å². The summed E-state index contributed by atoms with van der Waals surface area (Å²) in [6.07, 6.45) is 0.827. The lowest BCUT2D eigenvalue weighted by atomic mass is 10.1. The van der Waals surface area contributed by atoms with E-state index < -0.39 is 15.3 Å². The number of nitrogens with zero attached hydrogens (tertiary/aromatic N) is 1. The molecule has 1 aliphatic rings. The number of piperidine rings is 1. The zero-order valence-corrected chi connectivity index (χ0v) is 16.4. The topological polar surface area (TPSA) is 84.9 Å². The number of amides is 1. The van der Waals surface area contributed by atoms with Crippen LogP contribution in [0.25, 0.3) is 0 Å². The normalized spacial score (nSPS) is 15.8. The summed E-state index contributed by atoms with van der Waals surface area (Å²) in [5, 5.41) is 0.118. The van der Waals surface area contributed by atoms with Crippen LogP contribution in [0.4, 0.5) is 0 Å². The summed E-state index contributed by atoms with van der Waals surface area (Å²) in [6.45, 7) is 3.77. The van der Waals surface area contributed by atoms with Crippen LogP contribution in [0.15, 0.2) is 24.3 Å². The minimum atomic E-state index is -3.38. The molecule has 1 fully saturated rings. The van der Waals surface area contributed by atoms with Gasteiger partial charge in [-0.05, 0) is 44.0 Å². The van der Waals surface area contributed by atoms with Gasteiger partial charge in [0, 0.05) is 31.3 Å². The molecule has 0 aliphatic carbocycles. The molecular formula is C17H25ClN2O5S. The summed E-state index contributed by atoms with van der Waals surface area (Å²) in [5.41, 5.74) is 0. The minimum Gasteiger partial charge on any atom is -0.484 e. The third-order valence-electron chi connectivity index (χ3n) is 4.16. The van der Waals surface area contributed by atoms with Crippen LogP contribution < -0.4 is 9.46 Å². The number of carbonyl (C=O) groups is 1. The van der Waals surface area contributed by atoms with Crippen molar-refractivity contribution < 1.29 is 22.7 Å². The second-order valence-electron chi connectivity index (χ2n) is 5.96. The molecule has 9 heteroatoms. The van der Waals surface area contributed by atoms with Crippen LogP contribution in [-0.2, 0) is 19.6 Å². The summed E-state index contributed by atoms with van der Waals surface area (Å²) >= 11 is 5.80. The van der Waals surface area contributed by atoms with Gasteiger partial charge in [0.2, 0.25) is 10.0 Å². The Morgan fingerprint density at radius 3 is 2.54 bits per heavy atom. The Hall–Kier alpha value is -1.35. The molecular weight excluding hydrogens is 380 g/mol. The third kappa shape index (κ3) is 6.42. The van der Waals surface area contributed by atoms with E-state index in [-0.39, 0.29) is 19.1 Å². The molecule has 26 heavy (non-hydrogen) atoms. The molecule has 0 aromatic heterocycles. The van der Waals surface area contributed by atoms with Crippen LogP contribution in [0.2, 0.25) is 5.02 Å². The predicted molar refractivity (Wildman–Crippen MR) is 100.0 cm³/mol. The lowest BCUT2D eigenvalue weighted by Crippen LogP contribution is -2.47. The van der Waals surface area contributed by atoms with E-state index >= 15 is 0 Å². The zero-order valence-electron chi connectivity index (χ0n) is 14.8. The van der Waals surface area contributed by atoms with Crippen molar-refractivity contribution in [2.24, 2.45) is 0 Å². The van der Waals surface area contributed by atoms with Gasteiger partial charge in [-0.15, -0.1) is 0 Å². The number of benzene rings is 1. The molecule has 0 radical (unpaired) electrons. The summed E-state index contributed by atoms with van der Waals surface area (Å²) in [5.74, 6) is 0.416. The quantitative estimate of drug-likeness (QED) is 0.633. The van der Waals surface area contributed by atoms with Gasteiger partial charge >= 0.3 is 0 Å². The number of hydrogen-bond acceptors (Lipinski definition) is 5. The average Bonchev–Trinajstić information content (AvgIpc) is 2.65. The molecule has 1 saturated heterocycles. The van der Waals surface area contributed by atoms with E-state index in [4.69, 9.17) is 21.1 Å². The zero-order chi connectivity index (χ0) is 19.0. The van der Waals surface area contributed by atoms with E-state index in [1.54, 1.807) is 29.2 Å². The maximum absolute atomic E-state index is 12.3. The SMILES string of the molecule is CCOCCNS(=O)(=O)C1CCN(C(=O)COc2ccc(Cl)cc2)CC1. The Morgan fingerprint density at radius 1 is 1.27 bits per heavy atom. The van der Waals surface area contributed by atoms with Gasteiger partial charge in [-0.1, -0.05) is 11.6 Å². The Morgan fingerprint density at radius 2 is 1.92 bits per heavy atom. The van der Waals surface area contributed by atoms with Crippen molar-refractivity contribution in [3.8, 4) is 5.75 Å². The van der Waals surface area contributed by atoms with Gasteiger partial charge in [0.05, 0.1) is 11.9 Å². The third-order valence-corrected chi connectivity index (χ3v) is 6.37. The van der Waals surface area contributed by atoms with Crippen molar-refractivity contribution in [1.82, 2.24) is 9.62 Å². The van der Waals surface area contributed by atoms with E-state index in [0.717, 1.165) is 0 Å². The lowest BCUT2D eigenvalue weighted by Gasteiger charge is -2.31. The second kappa shape index (κ2) is 10.1. The molecule has 1 aromatic rings. The number of likely N-dealkylation sites (tertiary alicyclic amines) is 1. The van der Waals surface area contributed by atoms with E-state index in [0.29, 0.717) is 49.9 Å². The maximum atomic E-state index is 12.3. The Balaban J connectivity index is 1.74. The van der Waals surface area contributed by atoms with Crippen LogP contribution >= 0.6 is 11.6 Å². The summed E-state index contributed by atoms with van der Waals surface area (Å²) < 4.78 is 37.7. The van der Waals surface area contributed by atoms with Crippen LogP contribution in [-0.4, -0.2) is 63.9 Å². The average molecular weight is 405 g/mol. The summed E-state index contributed by atoms with van der Waals surface area (Å²) in [7, 11) is -3.38. The van der Waals surface area contributed by atoms with Gasteiger partial charge in [-0.2, -0.15) is 0 Å². The number of sulfonamides is 1. The highest BCUT2D eigenvalue weighted by atomic mass is 35.5. The van der Waals surface area contributed by atoms with Crippen molar-refractivity contribution in [2.75, 3.05) is 39.5 Å². The largest absolute Gasteiger partial charge is 0.484 e. The van der Waals surface area contributed by atoms with Crippen molar-refractivity contribution in [2.45, 2.75) is 25.0 Å². The van der Waals surface area contributed by atoms with E-state index in [1.165, 1.54) is 0 Å². The number of carbonyl (C=O) groups excluding carboxylic acids is 1. The van der Waals surface area contributed by atoms with E-state index in [9.17, 15) is 13.2 Å². The molecule has 0 atom stereocenters. The molecule has 1 N–H and O–H groups in total. The lowest BCUT2D eigenvalue weighted by molar-refractivity contribution is -0.134. The Labute approximate surface area is 159 Å². The highest BCUT2D eigenvalue weighted by Gasteiger charge is 2.31. The Bertz CT molecular complexity index is 673. The first-order valence-electron chi connectivity index (χ1n) is 8.64. The first-order chi connectivity index (χ1) is 12.4. The van der Waals surface area contributed by atoms with Crippen LogP contribution in [0.3, 0.4) is 0 Å². The molecule has 0 bridgehead atoms. The fourth-order valence-electron chi connectivity index (χ4n) is 2.70. The molecule has 2 rings (SSSR count). The summed E-state index contributed by atoms with van der Waals surface area (Å²) in [4.78, 5) is 13.9. The second-order valence-corrected chi connectivity index (χ2v) is 8.44. The van der Waals surface area contributed by atoms with Crippen molar-refractivity contribution >= 4 is 27.5 Å². The van der Waals surface area contributed by atoms with Crippen LogP contribution in [0, 0.1) is 0 Å². The minimum absolute atomic E-state index is 0.0777. The van der Waals surface area contributed by atoms with E-state index in [2.05, 4.69) is 4.72 Å². The molecule has 7 nitrogen and oxygen atoms in total. The molecule has 1 heterocycles. The number of halogens is 1. The van der Waals surface area contributed by atoms with Crippen molar-refractivity contribution in [1.29, 1.82) is 0 Å². The number of nitrogens with one attached hydrogen (secondary N) is 1. The monoisotopic (exact) mass is 404 g/mol. The first-order valence-corrected chi connectivity index (χ1v) is 10.6. The van der Waals surface area contributed by atoms with Gasteiger partial charge in [-0.25, -0.2) is 13.1 Å². The van der Waals surface area contributed by atoms with Gasteiger partial charge in [0.25, 0.3) is 5.91 Å². The highest BCUT2D eigenvalue weighted by Crippen LogP contribution is 2.18. The van der Waals surface area contributed by atoms with Gasteiger partial charge in [0.1, 0.15) is 5.75 Å². The number of hydrogen-bond donors (Lipinski definition) is 1. The fourth-order valence-corrected chi connectivity index (χ4v) is 4.26. The van der Waals surface area contributed by atoms with E-state index in [1.807, 2.05) is 6.92 Å². The molecule has 0 unspecified atom stereocenters. The Kier molecular flexibility index (Phi) is 8.15. The molecule has 1 aromatic carbocycles. The smallest absolute Gasteiger partial charge is 0.260 e. The van der Waals surface area contributed by atoms with Gasteiger partial charge < -0.3 is 14.4 Å². The van der Waals surface area contributed by atoms with Crippen molar-refractivity contribution in [3.05, 3.63) is 29.3 Å². The van der Waals surface area contributed by atoms with Crippen LogP contribution in [0.5, 0.6) is 5.75 Å². The molecule has 146 valence electrons.